The van der Waals surface area contributed by atoms with Crippen LogP contribution in [-0.2, 0) is 25.5 Å². The van der Waals surface area contributed by atoms with Crippen molar-refractivity contribution < 1.29 is 19.0 Å². The van der Waals surface area contributed by atoms with Crippen LogP contribution in [0.2, 0.25) is 0 Å². The van der Waals surface area contributed by atoms with E-state index in [0.29, 0.717) is 63.6 Å². The molecular weight excluding hydrogens is 550 g/mol. The summed E-state index contributed by atoms with van der Waals surface area (Å²) in [5.74, 6) is 7.51. The fourth-order valence-electron chi connectivity index (χ4n) is 4.91. The number of piperidine rings is 1. The largest absolute Gasteiger partial charge is 0.469 e. The third-order valence-corrected chi connectivity index (χ3v) is 7.32. The highest BCUT2D eigenvalue weighted by Gasteiger charge is 2.21. The predicted molar refractivity (Wildman–Crippen MR) is 169 cm³/mol. The van der Waals surface area contributed by atoms with E-state index in [-0.39, 0.29) is 12.4 Å². The summed E-state index contributed by atoms with van der Waals surface area (Å²) in [6.07, 6.45) is 4.70. The van der Waals surface area contributed by atoms with E-state index in [2.05, 4.69) is 65.6 Å². The highest BCUT2D eigenvalue weighted by Crippen LogP contribution is 2.23. The summed E-state index contributed by atoms with van der Waals surface area (Å²) in [5.41, 5.74) is 1.93. The van der Waals surface area contributed by atoms with E-state index in [1.54, 1.807) is 6.21 Å². The number of hydrazone groups is 1. The molecule has 1 aromatic heterocycles. The van der Waals surface area contributed by atoms with Gasteiger partial charge in [-0.15, -0.1) is 0 Å². The Hall–Kier alpha value is -3.81. The summed E-state index contributed by atoms with van der Waals surface area (Å²) in [7, 11) is 1.36. The topological polar surface area (TPSA) is 152 Å². The lowest BCUT2D eigenvalue weighted by Gasteiger charge is -2.33. The monoisotopic (exact) mass is 595 g/mol. The molecule has 0 atom stereocenters. The van der Waals surface area contributed by atoms with E-state index < -0.39 is 0 Å². The van der Waals surface area contributed by atoms with E-state index in [4.69, 9.17) is 25.3 Å². The van der Waals surface area contributed by atoms with Crippen LogP contribution < -0.4 is 21.4 Å². The average molecular weight is 596 g/mol. The van der Waals surface area contributed by atoms with Gasteiger partial charge in [0.05, 0.1) is 45.6 Å². The Kier molecular flexibility index (Phi) is 13.4. The minimum absolute atomic E-state index is 0.246. The summed E-state index contributed by atoms with van der Waals surface area (Å²) in [6.45, 7) is 7.69. The maximum atomic E-state index is 11.1. The van der Waals surface area contributed by atoms with Crippen LogP contribution >= 0.6 is 0 Å². The summed E-state index contributed by atoms with van der Waals surface area (Å²) in [4.78, 5) is 29.8. The Morgan fingerprint density at radius 1 is 1.14 bits per heavy atom. The van der Waals surface area contributed by atoms with Gasteiger partial charge in [-0.1, -0.05) is 30.3 Å². The molecule has 4 rings (SSSR count). The molecule has 2 aromatic rings. The Morgan fingerprint density at radius 2 is 1.93 bits per heavy atom. The average Bonchev–Trinajstić information content (AvgIpc) is 3.05. The number of aliphatic imine (C=N–C) groups is 1. The molecule has 2 aliphatic rings. The third-order valence-electron chi connectivity index (χ3n) is 7.32. The molecule has 13 heteroatoms. The SMILES string of the molecule is COC(=O)CCOCCCN=C/C(CNc1nc(NC2CCN(Cc3ccccc3)CC2)cc(N2CCOCC2)n1)=N\N. The molecular formula is C30H45N9O4. The highest BCUT2D eigenvalue weighted by atomic mass is 16.5. The van der Waals surface area contributed by atoms with Crippen LogP contribution in [0.3, 0.4) is 0 Å². The molecule has 43 heavy (non-hydrogen) atoms. The van der Waals surface area contributed by atoms with Crippen LogP contribution in [0.4, 0.5) is 17.6 Å². The van der Waals surface area contributed by atoms with Gasteiger partial charge in [-0.2, -0.15) is 15.1 Å². The number of likely N-dealkylation sites (tertiary alicyclic amines) is 1. The number of carbonyl (C=O) groups is 1. The lowest BCUT2D eigenvalue weighted by Crippen LogP contribution is -2.39. The van der Waals surface area contributed by atoms with Crippen molar-refractivity contribution in [3.63, 3.8) is 0 Å². The van der Waals surface area contributed by atoms with Gasteiger partial charge in [-0.3, -0.25) is 14.7 Å². The molecule has 0 amide bonds. The molecule has 0 unspecified atom stereocenters. The summed E-state index contributed by atoms with van der Waals surface area (Å²) < 4.78 is 15.6. The van der Waals surface area contributed by atoms with Gasteiger partial charge in [0.15, 0.2) is 0 Å². The van der Waals surface area contributed by atoms with E-state index >= 15 is 0 Å². The summed E-state index contributed by atoms with van der Waals surface area (Å²) >= 11 is 0. The summed E-state index contributed by atoms with van der Waals surface area (Å²) in [6, 6.07) is 13.0. The van der Waals surface area contributed by atoms with Gasteiger partial charge in [-0.05, 0) is 24.8 Å². The molecule has 1 aromatic carbocycles. The second-order valence-electron chi connectivity index (χ2n) is 10.5. The van der Waals surface area contributed by atoms with Crippen molar-refractivity contribution in [1.29, 1.82) is 0 Å². The molecule has 0 spiro atoms. The molecule has 3 heterocycles. The van der Waals surface area contributed by atoms with E-state index in [0.717, 1.165) is 57.2 Å². The van der Waals surface area contributed by atoms with Crippen molar-refractivity contribution in [1.82, 2.24) is 14.9 Å². The van der Waals surface area contributed by atoms with Crippen LogP contribution in [-0.4, -0.2) is 112 Å². The molecule has 0 bridgehead atoms. The first-order valence-corrected chi connectivity index (χ1v) is 15.0. The zero-order chi connectivity index (χ0) is 30.1. The smallest absolute Gasteiger partial charge is 0.307 e. The van der Waals surface area contributed by atoms with Crippen molar-refractivity contribution in [2.45, 2.75) is 38.3 Å². The van der Waals surface area contributed by atoms with Gasteiger partial charge in [0.1, 0.15) is 11.6 Å². The van der Waals surface area contributed by atoms with Gasteiger partial charge < -0.3 is 35.6 Å². The van der Waals surface area contributed by atoms with Gasteiger partial charge in [0.2, 0.25) is 5.95 Å². The van der Waals surface area contributed by atoms with Crippen molar-refractivity contribution in [3.05, 3.63) is 42.0 Å². The minimum atomic E-state index is -0.281. The van der Waals surface area contributed by atoms with Crippen LogP contribution in [0, 0.1) is 0 Å². The Labute approximate surface area is 253 Å². The number of hydrogen-bond donors (Lipinski definition) is 3. The molecule has 0 aliphatic carbocycles. The van der Waals surface area contributed by atoms with Gasteiger partial charge in [-0.25, -0.2) is 0 Å². The number of anilines is 3. The molecule has 234 valence electrons. The van der Waals surface area contributed by atoms with Crippen molar-refractivity contribution in [2.75, 3.05) is 88.3 Å². The zero-order valence-electron chi connectivity index (χ0n) is 25.1. The van der Waals surface area contributed by atoms with Crippen LogP contribution in [0.15, 0.2) is 46.5 Å². The van der Waals surface area contributed by atoms with Gasteiger partial charge in [0.25, 0.3) is 0 Å². The minimum Gasteiger partial charge on any atom is -0.469 e. The number of morpholine rings is 1. The van der Waals surface area contributed by atoms with Crippen molar-refractivity contribution in [3.8, 4) is 0 Å². The fourth-order valence-corrected chi connectivity index (χ4v) is 4.91. The maximum Gasteiger partial charge on any atom is 0.307 e. The molecule has 0 radical (unpaired) electrons. The number of nitrogens with two attached hydrogens (primary N) is 1. The van der Waals surface area contributed by atoms with Crippen LogP contribution in [0.5, 0.6) is 0 Å². The van der Waals surface area contributed by atoms with E-state index in [9.17, 15) is 4.79 Å². The number of benzene rings is 1. The first-order chi connectivity index (χ1) is 21.1. The van der Waals surface area contributed by atoms with E-state index in [1.165, 1.54) is 12.7 Å². The molecule has 4 N–H and O–H groups in total. The third kappa shape index (κ3) is 11.4. The Balaban J connectivity index is 1.28. The maximum absolute atomic E-state index is 11.1. The van der Waals surface area contributed by atoms with Crippen molar-refractivity contribution >= 4 is 35.5 Å². The zero-order valence-corrected chi connectivity index (χ0v) is 25.1. The normalized spacial score (nSPS) is 16.9. The lowest BCUT2D eigenvalue weighted by atomic mass is 10.0. The summed E-state index contributed by atoms with van der Waals surface area (Å²) in [5, 5.41) is 10.8. The molecule has 13 nitrogen and oxygen atoms in total. The number of hydrogen-bond acceptors (Lipinski definition) is 13. The number of methoxy groups -OCH3 is 1. The Morgan fingerprint density at radius 3 is 2.67 bits per heavy atom. The number of aromatic nitrogens is 2. The first kappa shape index (κ1) is 32.1. The van der Waals surface area contributed by atoms with Crippen molar-refractivity contribution in [2.24, 2.45) is 15.9 Å². The Bertz CT molecular complexity index is 1170. The highest BCUT2D eigenvalue weighted by molar-refractivity contribution is 6.32. The number of ether oxygens (including phenoxy) is 3. The second kappa shape index (κ2) is 18.0. The standard InChI is InChI=1S/C30H45N9O4/c1-41-29(40)10-17-42-16-5-11-32-21-26(37-31)22-33-30-35-27(20-28(36-30)39-14-18-43-19-15-39)34-25-8-12-38(13-9-25)23-24-6-3-2-4-7-24/h2-4,6-7,20-21,25H,5,8-19,22-23,31H2,1H3,(H2,33,34,35,36)/b32-21?,37-26+. The number of carbonyl (C=O) groups excluding carboxylic acids is 1. The molecule has 2 fully saturated rings. The lowest BCUT2D eigenvalue weighted by molar-refractivity contribution is -0.141. The van der Waals surface area contributed by atoms with E-state index in [1.807, 2.05) is 6.07 Å². The second-order valence-corrected chi connectivity index (χ2v) is 10.5. The fraction of sp³-hybridized carbons (Fsp3) is 0.567. The first-order valence-electron chi connectivity index (χ1n) is 15.0. The molecule has 2 aliphatic heterocycles. The predicted octanol–water partition coefficient (Wildman–Crippen LogP) is 2.16. The van der Waals surface area contributed by atoms with Crippen LogP contribution in [0.25, 0.3) is 0 Å². The number of nitrogens with one attached hydrogen (secondary N) is 2. The van der Waals surface area contributed by atoms with Crippen LogP contribution in [0.1, 0.15) is 31.2 Å². The molecule has 2 saturated heterocycles. The molecule has 0 saturated carbocycles. The van der Waals surface area contributed by atoms with Gasteiger partial charge >= 0.3 is 5.97 Å². The van der Waals surface area contributed by atoms with Gasteiger partial charge in [0, 0.05) is 64.2 Å². The quantitative estimate of drug-likeness (QED) is 0.0861. The number of rotatable bonds is 16. The number of nitrogens with zero attached hydrogens (tertiary/aromatic N) is 6. The number of esters is 1.